The van der Waals surface area contributed by atoms with E-state index in [-0.39, 0.29) is 5.91 Å². The molecule has 0 saturated carbocycles. The van der Waals surface area contributed by atoms with Crippen LogP contribution in [0.1, 0.15) is 24.4 Å². The van der Waals surface area contributed by atoms with Crippen LogP contribution >= 0.6 is 0 Å². The van der Waals surface area contributed by atoms with Gasteiger partial charge in [-0.25, -0.2) is 0 Å². The van der Waals surface area contributed by atoms with Crippen molar-refractivity contribution in [1.82, 2.24) is 9.96 Å². The molecule has 2 heterocycles. The molecule has 1 amide bonds. The number of nitrogens with zero attached hydrogens (tertiary/aromatic N) is 2. The summed E-state index contributed by atoms with van der Waals surface area (Å²) < 4.78 is 5.01. The summed E-state index contributed by atoms with van der Waals surface area (Å²) in [6.45, 7) is 6.06. The summed E-state index contributed by atoms with van der Waals surface area (Å²) in [7, 11) is 0. The predicted molar refractivity (Wildman–Crippen MR) is 59.3 cm³/mol. The Morgan fingerprint density at radius 2 is 1.94 bits per heavy atom. The van der Waals surface area contributed by atoms with Crippen LogP contribution in [-0.4, -0.2) is 47.3 Å². The summed E-state index contributed by atoms with van der Waals surface area (Å²) in [4.78, 5) is 13.4. The monoisotopic (exact) mass is 226 g/mol. The zero-order valence-corrected chi connectivity index (χ0v) is 9.72. The molecule has 0 aromatic carbocycles. The standard InChI is InChI=1S/C9H12N2O3.C2H6/c12-9(8-2-1-7-14-8)10-3-5-11(13)6-4-10;1-2/h1-2,7,13H,3-6H2;1-2H3. The first-order valence-corrected chi connectivity index (χ1v) is 5.54. The molecular formula is C11H18N2O3. The number of carbonyl (C=O) groups is 1. The zero-order chi connectivity index (χ0) is 12.0. The van der Waals surface area contributed by atoms with Gasteiger partial charge in [0.2, 0.25) is 0 Å². The van der Waals surface area contributed by atoms with E-state index in [1.54, 1.807) is 17.0 Å². The van der Waals surface area contributed by atoms with Gasteiger partial charge >= 0.3 is 0 Å². The molecule has 0 spiro atoms. The molecule has 1 aliphatic rings. The molecule has 0 bridgehead atoms. The summed E-state index contributed by atoms with van der Waals surface area (Å²) in [6.07, 6.45) is 1.48. The second-order valence-corrected chi connectivity index (χ2v) is 3.22. The highest BCUT2D eigenvalue weighted by atomic mass is 16.5. The largest absolute Gasteiger partial charge is 0.459 e. The zero-order valence-electron chi connectivity index (χ0n) is 9.72. The third kappa shape index (κ3) is 3.08. The summed E-state index contributed by atoms with van der Waals surface area (Å²) in [5.74, 6) is 0.250. The van der Waals surface area contributed by atoms with Gasteiger partial charge in [0.25, 0.3) is 5.91 Å². The van der Waals surface area contributed by atoms with Crippen molar-refractivity contribution in [3.8, 4) is 0 Å². The molecule has 0 aliphatic carbocycles. The maximum Gasteiger partial charge on any atom is 0.289 e. The smallest absolute Gasteiger partial charge is 0.289 e. The molecule has 1 aromatic heterocycles. The number of hydrogen-bond donors (Lipinski definition) is 1. The van der Waals surface area contributed by atoms with Crippen LogP contribution in [0.5, 0.6) is 0 Å². The van der Waals surface area contributed by atoms with E-state index < -0.39 is 0 Å². The van der Waals surface area contributed by atoms with Crippen LogP contribution in [0, 0.1) is 0 Å². The fraction of sp³-hybridized carbons (Fsp3) is 0.545. The second-order valence-electron chi connectivity index (χ2n) is 3.22. The van der Waals surface area contributed by atoms with Crippen LogP contribution in [0.3, 0.4) is 0 Å². The molecule has 1 aromatic rings. The lowest BCUT2D eigenvalue weighted by Gasteiger charge is -2.30. The first-order valence-electron chi connectivity index (χ1n) is 5.54. The van der Waals surface area contributed by atoms with Crippen molar-refractivity contribution in [2.24, 2.45) is 0 Å². The predicted octanol–water partition coefficient (Wildman–Crippen LogP) is 1.45. The minimum Gasteiger partial charge on any atom is -0.459 e. The van der Waals surface area contributed by atoms with E-state index in [1.165, 1.54) is 11.3 Å². The Kier molecular flexibility index (Phi) is 5.01. The fourth-order valence-electron chi connectivity index (χ4n) is 1.46. The Balaban J connectivity index is 0.000000606. The maximum absolute atomic E-state index is 11.7. The number of hydroxylamine groups is 2. The third-order valence-electron chi connectivity index (χ3n) is 2.28. The van der Waals surface area contributed by atoms with Crippen LogP contribution in [0.4, 0.5) is 0 Å². The van der Waals surface area contributed by atoms with Gasteiger partial charge in [0.15, 0.2) is 5.76 Å². The Hall–Kier alpha value is -1.33. The Bertz CT molecular complexity index is 303. The number of piperazine rings is 1. The Morgan fingerprint density at radius 3 is 2.44 bits per heavy atom. The number of rotatable bonds is 1. The SMILES string of the molecule is CC.O=C(c1ccco1)N1CCN(O)CC1. The van der Waals surface area contributed by atoms with E-state index in [4.69, 9.17) is 9.62 Å². The number of carbonyl (C=O) groups excluding carboxylic acids is 1. The molecule has 5 nitrogen and oxygen atoms in total. The fourth-order valence-corrected chi connectivity index (χ4v) is 1.46. The number of furan rings is 1. The lowest BCUT2D eigenvalue weighted by Crippen LogP contribution is -2.47. The molecule has 2 rings (SSSR count). The van der Waals surface area contributed by atoms with E-state index in [9.17, 15) is 4.79 Å². The quantitative estimate of drug-likeness (QED) is 0.787. The first kappa shape index (κ1) is 12.7. The molecule has 16 heavy (non-hydrogen) atoms. The van der Waals surface area contributed by atoms with Gasteiger partial charge in [-0.2, -0.15) is 5.06 Å². The molecular weight excluding hydrogens is 208 g/mol. The summed E-state index contributed by atoms with van der Waals surface area (Å²) in [5, 5.41) is 10.3. The van der Waals surface area contributed by atoms with Crippen molar-refractivity contribution in [3.63, 3.8) is 0 Å². The highest BCUT2D eigenvalue weighted by Gasteiger charge is 2.22. The molecule has 1 fully saturated rings. The lowest BCUT2D eigenvalue weighted by atomic mass is 10.3. The van der Waals surface area contributed by atoms with Gasteiger partial charge in [-0.15, -0.1) is 0 Å². The van der Waals surface area contributed by atoms with Crippen LogP contribution in [0.2, 0.25) is 0 Å². The van der Waals surface area contributed by atoms with Crippen molar-refractivity contribution in [2.75, 3.05) is 26.2 Å². The maximum atomic E-state index is 11.7. The Morgan fingerprint density at radius 1 is 1.31 bits per heavy atom. The third-order valence-corrected chi connectivity index (χ3v) is 2.28. The van der Waals surface area contributed by atoms with Crippen molar-refractivity contribution in [3.05, 3.63) is 24.2 Å². The van der Waals surface area contributed by atoms with E-state index in [1.807, 2.05) is 13.8 Å². The topological polar surface area (TPSA) is 56.9 Å². The Labute approximate surface area is 95.2 Å². The molecule has 90 valence electrons. The molecule has 1 aliphatic heterocycles. The highest BCUT2D eigenvalue weighted by Crippen LogP contribution is 2.07. The molecule has 0 radical (unpaired) electrons. The van der Waals surface area contributed by atoms with Gasteiger partial charge in [-0.05, 0) is 12.1 Å². The van der Waals surface area contributed by atoms with E-state index in [0.717, 1.165) is 0 Å². The summed E-state index contributed by atoms with van der Waals surface area (Å²) in [5.41, 5.74) is 0. The van der Waals surface area contributed by atoms with Gasteiger partial charge < -0.3 is 14.5 Å². The average Bonchev–Trinajstić information content (AvgIpc) is 2.85. The normalized spacial score (nSPS) is 16.6. The molecule has 1 saturated heterocycles. The van der Waals surface area contributed by atoms with Crippen molar-refractivity contribution in [1.29, 1.82) is 0 Å². The molecule has 0 atom stereocenters. The first-order chi connectivity index (χ1) is 7.77. The minimum absolute atomic E-state index is 0.108. The lowest BCUT2D eigenvalue weighted by molar-refractivity contribution is -0.112. The van der Waals surface area contributed by atoms with Gasteiger partial charge in [0.05, 0.1) is 6.26 Å². The molecule has 0 unspecified atom stereocenters. The van der Waals surface area contributed by atoms with E-state index >= 15 is 0 Å². The van der Waals surface area contributed by atoms with Crippen LogP contribution < -0.4 is 0 Å². The van der Waals surface area contributed by atoms with Crippen molar-refractivity contribution < 1.29 is 14.4 Å². The number of hydrogen-bond acceptors (Lipinski definition) is 4. The minimum atomic E-state index is -0.108. The van der Waals surface area contributed by atoms with Crippen molar-refractivity contribution in [2.45, 2.75) is 13.8 Å². The van der Waals surface area contributed by atoms with Crippen LogP contribution in [0.25, 0.3) is 0 Å². The molecule has 5 heteroatoms. The van der Waals surface area contributed by atoms with Gasteiger partial charge in [0, 0.05) is 26.2 Å². The van der Waals surface area contributed by atoms with E-state index in [2.05, 4.69) is 0 Å². The summed E-state index contributed by atoms with van der Waals surface area (Å²) in [6, 6.07) is 3.34. The van der Waals surface area contributed by atoms with Crippen LogP contribution in [0.15, 0.2) is 22.8 Å². The van der Waals surface area contributed by atoms with Gasteiger partial charge in [-0.3, -0.25) is 4.79 Å². The van der Waals surface area contributed by atoms with Gasteiger partial charge in [-0.1, -0.05) is 13.8 Å². The van der Waals surface area contributed by atoms with E-state index in [0.29, 0.717) is 31.9 Å². The number of amides is 1. The highest BCUT2D eigenvalue weighted by molar-refractivity contribution is 5.91. The summed E-state index contributed by atoms with van der Waals surface area (Å²) >= 11 is 0. The van der Waals surface area contributed by atoms with Gasteiger partial charge in [0.1, 0.15) is 0 Å². The second kappa shape index (κ2) is 6.30. The van der Waals surface area contributed by atoms with Crippen molar-refractivity contribution >= 4 is 5.91 Å². The molecule has 1 N–H and O–H groups in total. The van der Waals surface area contributed by atoms with Crippen LogP contribution in [-0.2, 0) is 0 Å². The average molecular weight is 226 g/mol.